The van der Waals surface area contributed by atoms with Gasteiger partial charge in [0.2, 0.25) is 0 Å². The molecule has 1 heterocycles. The van der Waals surface area contributed by atoms with Crippen molar-refractivity contribution in [2.75, 3.05) is 5.32 Å². The summed E-state index contributed by atoms with van der Waals surface area (Å²) in [5.41, 5.74) is -0.598. The normalized spacial score (nSPS) is 10.5. The number of rotatable bonds is 4. The quantitative estimate of drug-likeness (QED) is 0.673. The van der Waals surface area contributed by atoms with Gasteiger partial charge in [-0.05, 0) is 6.07 Å². The summed E-state index contributed by atoms with van der Waals surface area (Å²) in [4.78, 5) is 9.95. The van der Waals surface area contributed by atoms with E-state index in [1.165, 1.54) is 4.68 Å². The first-order valence-electron chi connectivity index (χ1n) is 5.20. The Morgan fingerprint density at radius 1 is 1.47 bits per heavy atom. The molecular weight excluding hydrogens is 260 g/mol. The van der Waals surface area contributed by atoms with Crippen LogP contribution in [0.5, 0.6) is 0 Å². The second-order valence-electron chi connectivity index (χ2n) is 3.75. The van der Waals surface area contributed by atoms with Gasteiger partial charge in [0, 0.05) is 19.3 Å². The van der Waals surface area contributed by atoms with Crippen LogP contribution < -0.4 is 5.32 Å². The van der Waals surface area contributed by atoms with Gasteiger partial charge in [-0.2, -0.15) is 0 Å². The van der Waals surface area contributed by atoms with E-state index in [1.54, 1.807) is 13.2 Å². The summed E-state index contributed by atoms with van der Waals surface area (Å²) in [6, 6.07) is 1.61. The second kappa shape index (κ2) is 4.96. The van der Waals surface area contributed by atoms with Crippen LogP contribution in [0.1, 0.15) is 5.69 Å². The van der Waals surface area contributed by atoms with E-state index in [1.807, 2.05) is 0 Å². The van der Waals surface area contributed by atoms with E-state index in [0.717, 1.165) is 6.07 Å². The lowest BCUT2D eigenvalue weighted by Crippen LogP contribution is -2.06. The first kappa shape index (κ1) is 12.9. The van der Waals surface area contributed by atoms with Crippen LogP contribution in [0, 0.1) is 21.7 Å². The molecule has 100 valence electrons. The Hall–Kier alpha value is -2.58. The third kappa shape index (κ3) is 2.64. The number of anilines is 1. The van der Waals surface area contributed by atoms with E-state index < -0.39 is 27.9 Å². The molecule has 0 aliphatic carbocycles. The Labute approximate surface area is 106 Å². The zero-order valence-electron chi connectivity index (χ0n) is 9.80. The minimum atomic E-state index is -1.29. The number of hydrogen-bond donors (Lipinski definition) is 1. The van der Waals surface area contributed by atoms with Crippen molar-refractivity contribution in [3.8, 4) is 0 Å². The van der Waals surface area contributed by atoms with Gasteiger partial charge in [0.25, 0.3) is 5.69 Å². The highest BCUT2D eigenvalue weighted by molar-refractivity contribution is 5.62. The van der Waals surface area contributed by atoms with Crippen LogP contribution in [-0.2, 0) is 13.6 Å². The molecule has 0 unspecified atom stereocenters. The molecule has 0 saturated carbocycles. The zero-order valence-corrected chi connectivity index (χ0v) is 9.80. The Kier molecular flexibility index (Phi) is 3.36. The molecule has 1 aromatic heterocycles. The Bertz CT molecular complexity index is 628. The topological polar surface area (TPSA) is 85.9 Å². The van der Waals surface area contributed by atoms with Crippen LogP contribution in [0.2, 0.25) is 0 Å². The highest BCUT2D eigenvalue weighted by Crippen LogP contribution is 2.29. The Morgan fingerprint density at radius 3 is 2.79 bits per heavy atom. The highest BCUT2D eigenvalue weighted by atomic mass is 19.2. The van der Waals surface area contributed by atoms with E-state index >= 15 is 0 Å². The molecule has 0 spiro atoms. The summed E-state index contributed by atoms with van der Waals surface area (Å²) < 4.78 is 28.1. The van der Waals surface area contributed by atoms with Crippen molar-refractivity contribution in [3.05, 3.63) is 45.8 Å². The molecule has 19 heavy (non-hydrogen) atoms. The van der Waals surface area contributed by atoms with Crippen LogP contribution in [0.3, 0.4) is 0 Å². The molecule has 0 saturated heterocycles. The number of benzene rings is 1. The fourth-order valence-electron chi connectivity index (χ4n) is 1.52. The van der Waals surface area contributed by atoms with Gasteiger partial charge in [0.1, 0.15) is 5.69 Å². The van der Waals surface area contributed by atoms with Gasteiger partial charge in [0.05, 0.1) is 11.5 Å². The van der Waals surface area contributed by atoms with Crippen molar-refractivity contribution in [2.24, 2.45) is 7.05 Å². The lowest BCUT2D eigenvalue weighted by Gasteiger charge is -2.06. The van der Waals surface area contributed by atoms with Crippen molar-refractivity contribution in [2.45, 2.75) is 6.54 Å². The van der Waals surface area contributed by atoms with Crippen molar-refractivity contribution in [3.63, 3.8) is 0 Å². The van der Waals surface area contributed by atoms with Crippen molar-refractivity contribution >= 4 is 11.4 Å². The number of nitro groups is 1. The van der Waals surface area contributed by atoms with E-state index in [0.29, 0.717) is 11.8 Å². The number of nitrogens with zero attached hydrogens (tertiary/aromatic N) is 4. The fraction of sp³-hybridized carbons (Fsp3) is 0.200. The zero-order chi connectivity index (χ0) is 14.0. The van der Waals surface area contributed by atoms with E-state index in [4.69, 9.17) is 0 Å². The molecule has 7 nitrogen and oxygen atoms in total. The highest BCUT2D eigenvalue weighted by Gasteiger charge is 2.21. The largest absolute Gasteiger partial charge is 0.371 e. The maximum absolute atomic E-state index is 13.5. The number of nitro benzene ring substituents is 1. The predicted octanol–water partition coefficient (Wildman–Crippen LogP) is 1.61. The fourth-order valence-corrected chi connectivity index (χ4v) is 1.52. The molecule has 0 radical (unpaired) electrons. The Morgan fingerprint density at radius 2 is 2.21 bits per heavy atom. The molecule has 0 amide bonds. The Balaban J connectivity index is 2.28. The SMILES string of the molecule is Cn1cc(CNc2c([N+](=O)[O-])ccc(F)c2F)nn1. The maximum atomic E-state index is 13.5. The van der Waals surface area contributed by atoms with Gasteiger partial charge in [-0.15, -0.1) is 5.10 Å². The molecule has 9 heteroatoms. The van der Waals surface area contributed by atoms with Crippen LogP contribution in [-0.4, -0.2) is 19.9 Å². The van der Waals surface area contributed by atoms with Gasteiger partial charge in [0.15, 0.2) is 17.3 Å². The van der Waals surface area contributed by atoms with Crippen LogP contribution in [0.4, 0.5) is 20.2 Å². The summed E-state index contributed by atoms with van der Waals surface area (Å²) >= 11 is 0. The maximum Gasteiger partial charge on any atom is 0.295 e. The molecule has 2 rings (SSSR count). The van der Waals surface area contributed by atoms with Gasteiger partial charge >= 0.3 is 0 Å². The predicted molar refractivity (Wildman–Crippen MR) is 61.3 cm³/mol. The van der Waals surface area contributed by atoms with Crippen LogP contribution >= 0.6 is 0 Å². The van der Waals surface area contributed by atoms with Crippen molar-refractivity contribution in [1.82, 2.24) is 15.0 Å². The first-order valence-corrected chi connectivity index (χ1v) is 5.20. The van der Waals surface area contributed by atoms with Crippen molar-refractivity contribution in [1.29, 1.82) is 0 Å². The third-order valence-corrected chi connectivity index (χ3v) is 2.37. The van der Waals surface area contributed by atoms with E-state index in [9.17, 15) is 18.9 Å². The molecule has 0 bridgehead atoms. The molecule has 0 atom stereocenters. The molecule has 0 aliphatic heterocycles. The molecule has 1 N–H and O–H groups in total. The molecular formula is C10H9F2N5O2. The summed E-state index contributed by atoms with van der Waals surface area (Å²) in [6.45, 7) is -0.00491. The number of aryl methyl sites for hydroxylation is 1. The summed E-state index contributed by atoms with van der Waals surface area (Å²) in [6.07, 6.45) is 1.55. The molecule has 0 fully saturated rings. The van der Waals surface area contributed by atoms with Gasteiger partial charge in [-0.3, -0.25) is 14.8 Å². The van der Waals surface area contributed by atoms with Gasteiger partial charge < -0.3 is 5.32 Å². The van der Waals surface area contributed by atoms with Gasteiger partial charge in [-0.1, -0.05) is 5.21 Å². The molecule has 1 aromatic carbocycles. The van der Waals surface area contributed by atoms with E-state index in [-0.39, 0.29) is 6.54 Å². The summed E-state index contributed by atoms with van der Waals surface area (Å²) in [7, 11) is 1.64. The number of nitrogens with one attached hydrogen (secondary N) is 1. The van der Waals surface area contributed by atoms with Crippen LogP contribution in [0.25, 0.3) is 0 Å². The summed E-state index contributed by atoms with van der Waals surface area (Å²) in [5, 5.41) is 20.6. The van der Waals surface area contributed by atoms with Crippen molar-refractivity contribution < 1.29 is 13.7 Å². The number of halogens is 2. The minimum absolute atomic E-state index is 0.00491. The average molecular weight is 269 g/mol. The molecule has 2 aromatic rings. The lowest BCUT2D eigenvalue weighted by atomic mass is 10.2. The monoisotopic (exact) mass is 269 g/mol. The average Bonchev–Trinajstić information content (AvgIpc) is 2.76. The first-order chi connectivity index (χ1) is 8.99. The third-order valence-electron chi connectivity index (χ3n) is 2.37. The minimum Gasteiger partial charge on any atom is -0.371 e. The second-order valence-corrected chi connectivity index (χ2v) is 3.75. The van der Waals surface area contributed by atoms with Gasteiger partial charge in [-0.25, -0.2) is 8.78 Å². The smallest absolute Gasteiger partial charge is 0.295 e. The number of aromatic nitrogens is 3. The number of hydrogen-bond acceptors (Lipinski definition) is 5. The van der Waals surface area contributed by atoms with Crippen LogP contribution in [0.15, 0.2) is 18.3 Å². The standard InChI is InChI=1S/C10H9F2N5O2/c1-16-5-6(14-15-16)4-13-10-8(17(18)19)3-2-7(11)9(10)12/h2-3,5,13H,4H2,1H3. The lowest BCUT2D eigenvalue weighted by molar-refractivity contribution is -0.384. The summed E-state index contributed by atoms with van der Waals surface area (Å²) in [5.74, 6) is -2.45. The van der Waals surface area contributed by atoms with E-state index in [2.05, 4.69) is 15.6 Å². The molecule has 0 aliphatic rings.